The number of hydrogen-bond donors (Lipinski definition) is 3. The summed E-state index contributed by atoms with van der Waals surface area (Å²) in [5.74, 6) is 0.546. The number of likely N-dealkylation sites (tertiary alicyclic amines) is 1. The Morgan fingerprint density at radius 3 is 2.69 bits per heavy atom. The summed E-state index contributed by atoms with van der Waals surface area (Å²) in [6.45, 7) is 12.6. The molecule has 0 amide bonds. The summed E-state index contributed by atoms with van der Waals surface area (Å²) in [5.41, 5.74) is 7.24. The Balaban J connectivity index is 0.00000338. The third-order valence-corrected chi connectivity index (χ3v) is 4.98. The van der Waals surface area contributed by atoms with E-state index < -0.39 is 0 Å². The molecule has 4 N–H and O–H groups in total. The van der Waals surface area contributed by atoms with Crippen molar-refractivity contribution in [3.8, 4) is 0 Å². The first kappa shape index (κ1) is 23.2. The highest BCUT2D eigenvalue weighted by atomic mass is 127. The van der Waals surface area contributed by atoms with Crippen molar-refractivity contribution < 1.29 is 0 Å². The molecule has 0 bridgehead atoms. The largest absolute Gasteiger partial charge is 0.370 e. The molecule has 0 spiro atoms. The number of nitrogens with one attached hydrogen (secondary N) is 2. The van der Waals surface area contributed by atoms with E-state index in [9.17, 15) is 0 Å². The molecule has 0 radical (unpaired) electrons. The smallest absolute Gasteiger partial charge is 0.188 e. The number of nitrogens with zero attached hydrogens (tertiary/aromatic N) is 2. The molecule has 6 heteroatoms. The quantitative estimate of drug-likeness (QED) is 0.309. The predicted molar refractivity (Wildman–Crippen MR) is 122 cm³/mol. The minimum Gasteiger partial charge on any atom is -0.370 e. The molecule has 2 unspecified atom stereocenters. The Morgan fingerprint density at radius 2 is 2.04 bits per heavy atom. The molecule has 0 aliphatic carbocycles. The van der Waals surface area contributed by atoms with Gasteiger partial charge in [-0.2, -0.15) is 0 Å². The molecule has 1 heterocycles. The van der Waals surface area contributed by atoms with Crippen LogP contribution in [-0.4, -0.2) is 48.6 Å². The van der Waals surface area contributed by atoms with Crippen LogP contribution in [0.2, 0.25) is 0 Å². The second-order valence-electron chi connectivity index (χ2n) is 7.67. The lowest BCUT2D eigenvalue weighted by molar-refractivity contribution is 0.267. The number of benzene rings is 1. The lowest BCUT2D eigenvalue weighted by Gasteiger charge is -2.29. The molecule has 1 aliphatic heterocycles. The Labute approximate surface area is 176 Å². The maximum Gasteiger partial charge on any atom is 0.188 e. The van der Waals surface area contributed by atoms with Gasteiger partial charge in [-0.15, -0.1) is 24.0 Å². The van der Waals surface area contributed by atoms with Gasteiger partial charge in [0, 0.05) is 24.2 Å². The van der Waals surface area contributed by atoms with Crippen molar-refractivity contribution in [3.63, 3.8) is 0 Å². The van der Waals surface area contributed by atoms with Gasteiger partial charge in [0.25, 0.3) is 0 Å². The third-order valence-electron chi connectivity index (χ3n) is 4.98. The van der Waals surface area contributed by atoms with Crippen molar-refractivity contribution in [2.24, 2.45) is 10.7 Å². The van der Waals surface area contributed by atoms with Crippen molar-refractivity contribution in [2.45, 2.75) is 58.2 Å². The van der Waals surface area contributed by atoms with Gasteiger partial charge >= 0.3 is 0 Å². The van der Waals surface area contributed by atoms with Crippen molar-refractivity contribution in [1.82, 2.24) is 15.5 Å². The lowest BCUT2D eigenvalue weighted by atomic mass is 10.0. The molecule has 0 saturated carbocycles. The van der Waals surface area contributed by atoms with Crippen LogP contribution in [0.1, 0.15) is 52.1 Å². The van der Waals surface area contributed by atoms with Crippen molar-refractivity contribution >= 4 is 29.9 Å². The Morgan fingerprint density at radius 1 is 1.35 bits per heavy atom. The molecule has 1 aliphatic rings. The topological polar surface area (TPSA) is 65.7 Å². The van der Waals surface area contributed by atoms with Gasteiger partial charge in [0.05, 0.1) is 6.54 Å². The molecule has 1 fully saturated rings. The van der Waals surface area contributed by atoms with Crippen LogP contribution in [0.5, 0.6) is 0 Å². The number of hydrogen-bond acceptors (Lipinski definition) is 3. The minimum absolute atomic E-state index is 0. The second-order valence-corrected chi connectivity index (χ2v) is 7.67. The van der Waals surface area contributed by atoms with E-state index in [4.69, 9.17) is 5.73 Å². The number of guanidine groups is 1. The maximum absolute atomic E-state index is 6.08. The molecule has 1 saturated heterocycles. The normalized spacial score (nSPS) is 19.8. The van der Waals surface area contributed by atoms with Crippen LogP contribution in [0.3, 0.4) is 0 Å². The molecule has 5 nitrogen and oxygen atoms in total. The average molecular weight is 473 g/mol. The molecular formula is C20H36IN5. The van der Waals surface area contributed by atoms with Gasteiger partial charge in [0.2, 0.25) is 0 Å². The van der Waals surface area contributed by atoms with E-state index in [0.29, 0.717) is 18.5 Å². The summed E-state index contributed by atoms with van der Waals surface area (Å²) in [5, 5.41) is 6.95. The minimum atomic E-state index is -0.121. The van der Waals surface area contributed by atoms with Gasteiger partial charge in [-0.05, 0) is 52.3 Å². The molecule has 2 rings (SSSR count). The van der Waals surface area contributed by atoms with Crippen LogP contribution in [0.4, 0.5) is 0 Å². The number of rotatable bonds is 8. The molecule has 2 atom stereocenters. The van der Waals surface area contributed by atoms with Crippen molar-refractivity contribution in [1.29, 1.82) is 0 Å². The van der Waals surface area contributed by atoms with Crippen molar-refractivity contribution in [2.75, 3.05) is 26.2 Å². The zero-order valence-electron chi connectivity index (χ0n) is 16.7. The highest BCUT2D eigenvalue weighted by Gasteiger charge is 2.23. The fourth-order valence-corrected chi connectivity index (χ4v) is 3.56. The first-order valence-corrected chi connectivity index (χ1v) is 9.52. The van der Waals surface area contributed by atoms with Gasteiger partial charge in [0.1, 0.15) is 0 Å². The van der Waals surface area contributed by atoms with Gasteiger partial charge in [0.15, 0.2) is 5.96 Å². The zero-order chi connectivity index (χ0) is 18.3. The Hall–Kier alpha value is -0.860. The Kier molecular flexibility index (Phi) is 9.89. The number of aliphatic imine (C=N–C) groups is 1. The summed E-state index contributed by atoms with van der Waals surface area (Å²) < 4.78 is 0. The van der Waals surface area contributed by atoms with E-state index in [1.807, 2.05) is 6.07 Å². The molecule has 148 valence electrons. The van der Waals surface area contributed by atoms with Crippen LogP contribution < -0.4 is 16.4 Å². The molecule has 26 heavy (non-hydrogen) atoms. The van der Waals surface area contributed by atoms with Gasteiger partial charge in [-0.3, -0.25) is 9.89 Å². The van der Waals surface area contributed by atoms with Crippen LogP contribution in [-0.2, 0) is 0 Å². The maximum atomic E-state index is 6.08. The second kappa shape index (κ2) is 11.1. The number of nitrogens with two attached hydrogens (primary N) is 1. The first-order chi connectivity index (χ1) is 11.9. The standard InChI is InChI=1S/C20H35N5.HI/c1-5-25-13-9-12-18(25)14-22-19(21)23-15-20(3,4)24-16(2)17-10-7-6-8-11-17;/h6-8,10-11,16,18,24H,5,9,12-15H2,1-4H3,(H3,21,22,23);1H. The van der Waals surface area contributed by atoms with Gasteiger partial charge in [-0.1, -0.05) is 37.3 Å². The zero-order valence-corrected chi connectivity index (χ0v) is 19.0. The average Bonchev–Trinajstić information content (AvgIpc) is 3.06. The summed E-state index contributed by atoms with van der Waals surface area (Å²) in [4.78, 5) is 7.06. The Bertz CT molecular complexity index is 546. The van der Waals surface area contributed by atoms with E-state index in [-0.39, 0.29) is 35.6 Å². The number of halogens is 1. The van der Waals surface area contributed by atoms with Crippen LogP contribution in [0.15, 0.2) is 35.3 Å². The van der Waals surface area contributed by atoms with Gasteiger partial charge in [-0.25, -0.2) is 0 Å². The van der Waals surface area contributed by atoms with E-state index in [1.165, 1.54) is 24.9 Å². The highest BCUT2D eigenvalue weighted by molar-refractivity contribution is 14.0. The van der Waals surface area contributed by atoms with E-state index >= 15 is 0 Å². The summed E-state index contributed by atoms with van der Waals surface area (Å²) in [7, 11) is 0. The van der Waals surface area contributed by atoms with Crippen LogP contribution >= 0.6 is 24.0 Å². The first-order valence-electron chi connectivity index (χ1n) is 9.52. The monoisotopic (exact) mass is 473 g/mol. The van der Waals surface area contributed by atoms with Crippen LogP contribution in [0.25, 0.3) is 0 Å². The van der Waals surface area contributed by atoms with Gasteiger partial charge < -0.3 is 16.4 Å². The summed E-state index contributed by atoms with van der Waals surface area (Å²) in [6.07, 6.45) is 2.53. The summed E-state index contributed by atoms with van der Waals surface area (Å²) >= 11 is 0. The SMILES string of the molecule is CCN1CCCC1CNC(N)=NCC(C)(C)NC(C)c1ccccc1.I. The fraction of sp³-hybridized carbons (Fsp3) is 0.650. The molecule has 1 aromatic rings. The number of likely N-dealkylation sites (N-methyl/N-ethyl adjacent to an activating group) is 1. The van der Waals surface area contributed by atoms with E-state index in [2.05, 4.69) is 72.5 Å². The van der Waals surface area contributed by atoms with E-state index in [0.717, 1.165) is 13.1 Å². The predicted octanol–water partition coefficient (Wildman–Crippen LogP) is 3.12. The van der Waals surface area contributed by atoms with Crippen molar-refractivity contribution in [3.05, 3.63) is 35.9 Å². The van der Waals surface area contributed by atoms with Crippen LogP contribution in [0, 0.1) is 0 Å². The van der Waals surface area contributed by atoms with E-state index in [1.54, 1.807) is 0 Å². The lowest BCUT2D eigenvalue weighted by Crippen LogP contribution is -2.46. The summed E-state index contributed by atoms with van der Waals surface area (Å²) in [6, 6.07) is 11.3. The molecular weight excluding hydrogens is 437 g/mol. The fourth-order valence-electron chi connectivity index (χ4n) is 3.56. The highest BCUT2D eigenvalue weighted by Crippen LogP contribution is 2.17. The molecule has 1 aromatic carbocycles. The third kappa shape index (κ3) is 7.40. The molecule has 0 aromatic heterocycles.